The summed E-state index contributed by atoms with van der Waals surface area (Å²) in [6.07, 6.45) is 0. The summed E-state index contributed by atoms with van der Waals surface area (Å²) in [5.41, 5.74) is 0.476. The molecule has 0 radical (unpaired) electrons. The predicted molar refractivity (Wildman–Crippen MR) is 87.6 cm³/mol. The van der Waals surface area contributed by atoms with Gasteiger partial charge in [0.05, 0.1) is 18.8 Å². The lowest BCUT2D eigenvalue weighted by Gasteiger charge is -2.42. The maximum absolute atomic E-state index is 12.8. The van der Waals surface area contributed by atoms with Crippen LogP contribution in [0.15, 0.2) is 40.9 Å². The molecule has 1 aliphatic heterocycles. The van der Waals surface area contributed by atoms with Gasteiger partial charge in [0.1, 0.15) is 0 Å². The van der Waals surface area contributed by atoms with Gasteiger partial charge in [0.25, 0.3) is 5.91 Å². The van der Waals surface area contributed by atoms with E-state index < -0.39 is 0 Å². The molecule has 2 aromatic rings. The van der Waals surface area contributed by atoms with E-state index in [2.05, 4.69) is 22.0 Å². The van der Waals surface area contributed by atoms with Crippen molar-refractivity contribution in [2.24, 2.45) is 0 Å². The molecule has 0 aliphatic carbocycles. The van der Waals surface area contributed by atoms with E-state index in [1.165, 1.54) is 0 Å². The lowest BCUT2D eigenvalue weighted by molar-refractivity contribution is -0.0370. The third-order valence-corrected chi connectivity index (χ3v) is 4.43. The molecule has 1 heterocycles. The average molecular weight is 348 g/mol. The van der Waals surface area contributed by atoms with Gasteiger partial charge in [-0.1, -0.05) is 28.1 Å². The number of hydrogen-bond donors (Lipinski definition) is 0. The third-order valence-electron chi connectivity index (χ3n) is 3.94. The highest BCUT2D eigenvalue weighted by Gasteiger charge is 2.34. The molecule has 0 saturated carbocycles. The van der Waals surface area contributed by atoms with Crippen LogP contribution in [0.4, 0.5) is 0 Å². The number of halogens is 1. The van der Waals surface area contributed by atoms with Crippen molar-refractivity contribution in [3.05, 3.63) is 46.4 Å². The van der Waals surface area contributed by atoms with Crippen LogP contribution in [-0.4, -0.2) is 36.1 Å². The largest absolute Gasteiger partial charge is 0.377 e. The number of fused-ring (bicyclic) bond motifs is 1. The smallest absolute Gasteiger partial charge is 0.254 e. The Hall–Kier alpha value is -1.39. The molecule has 0 spiro atoms. The summed E-state index contributed by atoms with van der Waals surface area (Å²) in [5, 5.41) is 2.21. The Morgan fingerprint density at radius 1 is 1.19 bits per heavy atom. The fourth-order valence-electron chi connectivity index (χ4n) is 2.74. The Labute approximate surface area is 133 Å². The topological polar surface area (TPSA) is 29.5 Å². The first-order chi connectivity index (χ1) is 9.97. The number of benzene rings is 2. The molecule has 0 aromatic heterocycles. The molecule has 0 atom stereocenters. The van der Waals surface area contributed by atoms with Crippen LogP contribution in [0.25, 0.3) is 10.8 Å². The summed E-state index contributed by atoms with van der Waals surface area (Å²) in [4.78, 5) is 14.7. The van der Waals surface area contributed by atoms with Gasteiger partial charge in [0.15, 0.2) is 0 Å². The summed E-state index contributed by atoms with van der Waals surface area (Å²) in [6, 6.07) is 12.0. The highest BCUT2D eigenvalue weighted by molar-refractivity contribution is 9.10. The minimum absolute atomic E-state index is 0.0770. The highest BCUT2D eigenvalue weighted by atomic mass is 79.9. The number of carbonyl (C=O) groups excluding carboxylic acids is 1. The number of hydrogen-bond acceptors (Lipinski definition) is 2. The third kappa shape index (κ3) is 2.83. The monoisotopic (exact) mass is 347 g/mol. The van der Waals surface area contributed by atoms with E-state index in [-0.39, 0.29) is 11.4 Å². The second kappa shape index (κ2) is 5.43. The number of ether oxygens (including phenoxy) is 1. The molecule has 1 amide bonds. The molecule has 21 heavy (non-hydrogen) atoms. The Morgan fingerprint density at radius 3 is 2.67 bits per heavy atom. The summed E-state index contributed by atoms with van der Waals surface area (Å²) < 4.78 is 6.53. The van der Waals surface area contributed by atoms with Gasteiger partial charge in [0, 0.05) is 16.6 Å². The van der Waals surface area contributed by atoms with Gasteiger partial charge in [-0.15, -0.1) is 0 Å². The number of amides is 1. The summed E-state index contributed by atoms with van der Waals surface area (Å²) >= 11 is 3.47. The van der Waals surface area contributed by atoms with E-state index in [0.29, 0.717) is 19.8 Å². The van der Waals surface area contributed by atoms with Crippen molar-refractivity contribution < 1.29 is 9.53 Å². The van der Waals surface area contributed by atoms with Gasteiger partial charge in [0.2, 0.25) is 0 Å². The number of morpholine rings is 1. The van der Waals surface area contributed by atoms with Crippen molar-refractivity contribution in [3.63, 3.8) is 0 Å². The minimum atomic E-state index is -0.260. The molecule has 1 fully saturated rings. The lowest BCUT2D eigenvalue weighted by atomic mass is 10.00. The Bertz CT molecular complexity index is 696. The molecule has 110 valence electrons. The van der Waals surface area contributed by atoms with E-state index in [9.17, 15) is 4.79 Å². The van der Waals surface area contributed by atoms with Crippen LogP contribution in [0.3, 0.4) is 0 Å². The Morgan fingerprint density at radius 2 is 1.90 bits per heavy atom. The molecule has 0 bridgehead atoms. The maximum atomic E-state index is 12.8. The minimum Gasteiger partial charge on any atom is -0.377 e. The van der Waals surface area contributed by atoms with Crippen LogP contribution in [0, 0.1) is 0 Å². The molecule has 3 nitrogen and oxygen atoms in total. The lowest BCUT2D eigenvalue weighted by Crippen LogP contribution is -2.55. The van der Waals surface area contributed by atoms with Crippen LogP contribution >= 0.6 is 15.9 Å². The first kappa shape index (κ1) is 14.5. The van der Waals surface area contributed by atoms with Gasteiger partial charge in [-0.2, -0.15) is 0 Å². The van der Waals surface area contributed by atoms with Gasteiger partial charge in [-0.25, -0.2) is 0 Å². The molecule has 3 rings (SSSR count). The van der Waals surface area contributed by atoms with Gasteiger partial charge in [-0.3, -0.25) is 4.79 Å². The Kier molecular flexibility index (Phi) is 3.76. The first-order valence-corrected chi connectivity index (χ1v) is 7.86. The molecule has 0 N–H and O–H groups in total. The first-order valence-electron chi connectivity index (χ1n) is 7.06. The van der Waals surface area contributed by atoms with Crippen molar-refractivity contribution in [3.8, 4) is 0 Å². The van der Waals surface area contributed by atoms with Gasteiger partial charge < -0.3 is 9.64 Å². The molecule has 0 unspecified atom stereocenters. The summed E-state index contributed by atoms with van der Waals surface area (Å²) in [6.45, 7) is 5.92. The molecule has 2 aromatic carbocycles. The van der Waals surface area contributed by atoms with E-state index in [1.54, 1.807) is 0 Å². The molecular weight excluding hydrogens is 330 g/mol. The van der Waals surface area contributed by atoms with Crippen molar-refractivity contribution >= 4 is 32.6 Å². The molecule has 1 saturated heterocycles. The van der Waals surface area contributed by atoms with Crippen molar-refractivity contribution in [1.29, 1.82) is 0 Å². The van der Waals surface area contributed by atoms with Crippen molar-refractivity contribution in [2.45, 2.75) is 19.4 Å². The maximum Gasteiger partial charge on any atom is 0.254 e. The second-order valence-electron chi connectivity index (χ2n) is 6.03. The average Bonchev–Trinajstić information content (AvgIpc) is 2.45. The molecule has 1 aliphatic rings. The molecular formula is C17H18BrNO2. The van der Waals surface area contributed by atoms with Crippen LogP contribution in [-0.2, 0) is 4.74 Å². The van der Waals surface area contributed by atoms with Crippen LogP contribution < -0.4 is 0 Å². The summed E-state index contributed by atoms with van der Waals surface area (Å²) in [7, 11) is 0. The zero-order valence-electron chi connectivity index (χ0n) is 12.2. The second-order valence-corrected chi connectivity index (χ2v) is 6.94. The van der Waals surface area contributed by atoms with Crippen LogP contribution in [0.5, 0.6) is 0 Å². The zero-order valence-corrected chi connectivity index (χ0v) is 13.8. The van der Waals surface area contributed by atoms with Crippen LogP contribution in [0.1, 0.15) is 24.2 Å². The zero-order chi connectivity index (χ0) is 15.0. The summed E-state index contributed by atoms with van der Waals surface area (Å²) in [5.74, 6) is 0.0770. The standard InChI is InChI=1S/C17H18BrNO2/c1-17(2)11-21-8-7-19(17)16(20)14-4-3-13-10-15(18)6-5-12(13)9-14/h3-6,9-10H,7-8,11H2,1-2H3. The van der Waals surface area contributed by atoms with Gasteiger partial charge >= 0.3 is 0 Å². The number of nitrogens with zero attached hydrogens (tertiary/aromatic N) is 1. The normalized spacial score (nSPS) is 18.0. The fourth-order valence-corrected chi connectivity index (χ4v) is 3.12. The SMILES string of the molecule is CC1(C)COCCN1C(=O)c1ccc2cc(Br)ccc2c1. The quantitative estimate of drug-likeness (QED) is 0.783. The van der Waals surface area contributed by atoms with E-state index >= 15 is 0 Å². The van der Waals surface area contributed by atoms with E-state index in [0.717, 1.165) is 20.8 Å². The molecule has 4 heteroatoms. The van der Waals surface area contributed by atoms with Crippen LogP contribution in [0.2, 0.25) is 0 Å². The van der Waals surface area contributed by atoms with E-state index in [4.69, 9.17) is 4.74 Å². The van der Waals surface area contributed by atoms with Gasteiger partial charge in [-0.05, 0) is 48.9 Å². The number of rotatable bonds is 1. The highest BCUT2D eigenvalue weighted by Crippen LogP contribution is 2.25. The Balaban J connectivity index is 1.96. The van der Waals surface area contributed by atoms with E-state index in [1.807, 2.05) is 49.1 Å². The number of carbonyl (C=O) groups is 1. The van der Waals surface area contributed by atoms with Crippen molar-refractivity contribution in [2.75, 3.05) is 19.8 Å². The van der Waals surface area contributed by atoms with Crippen molar-refractivity contribution in [1.82, 2.24) is 4.90 Å². The fraction of sp³-hybridized carbons (Fsp3) is 0.353. The predicted octanol–water partition coefficient (Wildman–Crippen LogP) is 3.85.